The quantitative estimate of drug-likeness (QED) is 0.371. The summed E-state index contributed by atoms with van der Waals surface area (Å²) in [6.45, 7) is 2.33. The van der Waals surface area contributed by atoms with Crippen LogP contribution in [-0.2, 0) is 11.3 Å². The number of hydrogen-bond acceptors (Lipinski definition) is 6. The summed E-state index contributed by atoms with van der Waals surface area (Å²) in [4.78, 5) is 31.1. The van der Waals surface area contributed by atoms with Gasteiger partial charge in [-0.25, -0.2) is 4.98 Å². The SMILES string of the molecule is CCn1c(SCC(=O)N(CC#N)c2ccccc2)nc2ccsc2c1=O. The average molecular weight is 384 g/mol. The molecular formula is C18H16N4O2S2. The number of aromatic nitrogens is 2. The number of carbonyl (C=O) groups excluding carboxylic acids is 1. The smallest absolute Gasteiger partial charge is 0.272 e. The van der Waals surface area contributed by atoms with Crippen molar-refractivity contribution in [3.05, 3.63) is 52.1 Å². The van der Waals surface area contributed by atoms with Gasteiger partial charge in [0.25, 0.3) is 5.56 Å². The molecule has 3 aromatic rings. The third-order valence-electron chi connectivity index (χ3n) is 3.77. The second-order valence-electron chi connectivity index (χ2n) is 5.34. The first-order chi connectivity index (χ1) is 12.7. The summed E-state index contributed by atoms with van der Waals surface area (Å²) in [6.07, 6.45) is 0. The topological polar surface area (TPSA) is 79.0 Å². The van der Waals surface area contributed by atoms with Gasteiger partial charge in [-0.05, 0) is 30.5 Å². The Bertz CT molecular complexity index is 1020. The molecule has 26 heavy (non-hydrogen) atoms. The molecule has 0 radical (unpaired) electrons. The Morgan fingerprint density at radius 2 is 2.12 bits per heavy atom. The summed E-state index contributed by atoms with van der Waals surface area (Å²) in [5.74, 6) is -0.108. The highest BCUT2D eigenvalue weighted by Crippen LogP contribution is 2.22. The minimum absolute atomic E-state index is 0.0268. The van der Waals surface area contributed by atoms with Crippen molar-refractivity contribution in [2.24, 2.45) is 0 Å². The molecule has 8 heteroatoms. The van der Waals surface area contributed by atoms with Gasteiger partial charge in [0.1, 0.15) is 11.2 Å². The highest BCUT2D eigenvalue weighted by atomic mass is 32.2. The Kier molecular flexibility index (Phi) is 5.71. The molecule has 0 fully saturated rings. The molecule has 0 spiro atoms. The normalized spacial score (nSPS) is 10.6. The van der Waals surface area contributed by atoms with Crippen molar-refractivity contribution in [3.8, 4) is 6.07 Å². The molecule has 2 aromatic heterocycles. The van der Waals surface area contributed by atoms with Gasteiger partial charge in [-0.1, -0.05) is 30.0 Å². The number of thiophene rings is 1. The van der Waals surface area contributed by atoms with Crippen molar-refractivity contribution >= 4 is 44.9 Å². The van der Waals surface area contributed by atoms with E-state index in [2.05, 4.69) is 4.98 Å². The van der Waals surface area contributed by atoms with E-state index in [1.807, 2.05) is 36.6 Å². The number of fused-ring (bicyclic) bond motifs is 1. The first-order valence-electron chi connectivity index (χ1n) is 7.99. The molecule has 6 nitrogen and oxygen atoms in total. The second kappa shape index (κ2) is 8.17. The Labute approximate surface area is 158 Å². The van der Waals surface area contributed by atoms with Crippen molar-refractivity contribution in [3.63, 3.8) is 0 Å². The van der Waals surface area contributed by atoms with Gasteiger partial charge >= 0.3 is 0 Å². The van der Waals surface area contributed by atoms with Crippen molar-refractivity contribution in [1.29, 1.82) is 5.26 Å². The summed E-state index contributed by atoms with van der Waals surface area (Å²) >= 11 is 2.59. The highest BCUT2D eigenvalue weighted by molar-refractivity contribution is 7.99. The summed E-state index contributed by atoms with van der Waals surface area (Å²) in [7, 11) is 0. The van der Waals surface area contributed by atoms with Crippen LogP contribution in [0.3, 0.4) is 0 Å². The molecular weight excluding hydrogens is 368 g/mol. The Balaban J connectivity index is 1.83. The van der Waals surface area contributed by atoms with Crippen LogP contribution in [-0.4, -0.2) is 27.8 Å². The van der Waals surface area contributed by atoms with Crippen LogP contribution < -0.4 is 10.5 Å². The predicted molar refractivity (Wildman–Crippen MR) is 105 cm³/mol. The fourth-order valence-electron chi connectivity index (χ4n) is 2.52. The van der Waals surface area contributed by atoms with E-state index in [1.54, 1.807) is 22.8 Å². The molecule has 2 heterocycles. The number of hydrogen-bond donors (Lipinski definition) is 0. The third kappa shape index (κ3) is 3.64. The lowest BCUT2D eigenvalue weighted by molar-refractivity contribution is -0.116. The van der Waals surface area contributed by atoms with Gasteiger partial charge in [0, 0.05) is 12.2 Å². The molecule has 132 valence electrons. The number of thioether (sulfide) groups is 1. The number of nitriles is 1. The number of para-hydroxylation sites is 1. The van der Waals surface area contributed by atoms with Gasteiger partial charge in [0.15, 0.2) is 5.16 Å². The largest absolute Gasteiger partial charge is 0.298 e. The Morgan fingerprint density at radius 3 is 2.81 bits per heavy atom. The van der Waals surface area contributed by atoms with Crippen molar-refractivity contribution in [2.45, 2.75) is 18.6 Å². The second-order valence-corrected chi connectivity index (χ2v) is 7.20. The highest BCUT2D eigenvalue weighted by Gasteiger charge is 2.18. The molecule has 0 N–H and O–H groups in total. The van der Waals surface area contributed by atoms with Crippen LogP contribution >= 0.6 is 23.1 Å². The molecule has 0 atom stereocenters. The zero-order valence-corrected chi connectivity index (χ0v) is 15.7. The maximum Gasteiger partial charge on any atom is 0.272 e. The maximum atomic E-state index is 12.6. The molecule has 0 unspecified atom stereocenters. The van der Waals surface area contributed by atoms with Crippen LogP contribution in [0.25, 0.3) is 10.2 Å². The van der Waals surface area contributed by atoms with E-state index in [-0.39, 0.29) is 23.8 Å². The van der Waals surface area contributed by atoms with Crippen LogP contribution in [0, 0.1) is 11.3 Å². The maximum absolute atomic E-state index is 12.6. The van der Waals surface area contributed by atoms with Crippen molar-refractivity contribution in [2.75, 3.05) is 17.2 Å². The molecule has 1 amide bonds. The van der Waals surface area contributed by atoms with Crippen LogP contribution in [0.15, 0.2) is 51.7 Å². The van der Waals surface area contributed by atoms with Crippen LogP contribution in [0.2, 0.25) is 0 Å². The fourth-order valence-corrected chi connectivity index (χ4v) is 4.24. The molecule has 0 saturated heterocycles. The van der Waals surface area contributed by atoms with Crippen molar-refractivity contribution < 1.29 is 4.79 Å². The summed E-state index contributed by atoms with van der Waals surface area (Å²) in [5, 5.41) is 11.4. The summed E-state index contributed by atoms with van der Waals surface area (Å²) in [5.41, 5.74) is 1.24. The van der Waals surface area contributed by atoms with Crippen LogP contribution in [0.5, 0.6) is 0 Å². The molecule has 0 aliphatic heterocycles. The first kappa shape index (κ1) is 18.2. The van der Waals surface area contributed by atoms with E-state index < -0.39 is 0 Å². The van der Waals surface area contributed by atoms with Gasteiger partial charge < -0.3 is 0 Å². The zero-order valence-electron chi connectivity index (χ0n) is 14.1. The van der Waals surface area contributed by atoms with E-state index in [4.69, 9.17) is 5.26 Å². The number of nitrogens with zero attached hydrogens (tertiary/aromatic N) is 4. The number of anilines is 1. The molecule has 0 saturated carbocycles. The Morgan fingerprint density at radius 1 is 1.35 bits per heavy atom. The van der Waals surface area contributed by atoms with E-state index >= 15 is 0 Å². The lowest BCUT2D eigenvalue weighted by Gasteiger charge is -2.19. The molecule has 0 aliphatic carbocycles. The van der Waals surface area contributed by atoms with E-state index in [0.717, 1.165) is 0 Å². The standard InChI is InChI=1S/C18H16N4O2S2/c1-2-21-17(24)16-14(8-11-25-16)20-18(21)26-12-15(23)22(10-9-19)13-6-4-3-5-7-13/h3-8,11H,2,10,12H2,1H3. The predicted octanol–water partition coefficient (Wildman–Crippen LogP) is 3.13. The molecule has 1 aromatic carbocycles. The molecule has 0 aliphatic rings. The van der Waals surface area contributed by atoms with E-state index in [1.165, 1.54) is 28.0 Å². The summed E-state index contributed by atoms with van der Waals surface area (Å²) < 4.78 is 2.20. The first-order valence-corrected chi connectivity index (χ1v) is 9.85. The monoisotopic (exact) mass is 384 g/mol. The van der Waals surface area contributed by atoms with E-state index in [9.17, 15) is 9.59 Å². The number of rotatable bonds is 6. The molecule has 0 bridgehead atoms. The molecule has 3 rings (SSSR count). The van der Waals surface area contributed by atoms with Gasteiger partial charge in [0.05, 0.1) is 17.3 Å². The number of amides is 1. The number of carbonyl (C=O) groups is 1. The Hall–Kier alpha value is -2.63. The van der Waals surface area contributed by atoms with Gasteiger partial charge in [-0.15, -0.1) is 11.3 Å². The minimum Gasteiger partial charge on any atom is -0.298 e. The lowest BCUT2D eigenvalue weighted by Crippen LogP contribution is -2.33. The van der Waals surface area contributed by atoms with Gasteiger partial charge in [0.2, 0.25) is 5.91 Å². The minimum atomic E-state index is -0.204. The lowest BCUT2D eigenvalue weighted by atomic mass is 10.3. The fraction of sp³-hybridized carbons (Fsp3) is 0.222. The van der Waals surface area contributed by atoms with Crippen LogP contribution in [0.4, 0.5) is 5.69 Å². The van der Waals surface area contributed by atoms with Crippen molar-refractivity contribution in [1.82, 2.24) is 9.55 Å². The number of benzene rings is 1. The summed E-state index contributed by atoms with van der Waals surface area (Å²) in [6, 6.07) is 12.9. The van der Waals surface area contributed by atoms with E-state index in [0.29, 0.717) is 27.6 Å². The van der Waals surface area contributed by atoms with Gasteiger partial charge in [-0.2, -0.15) is 5.26 Å². The van der Waals surface area contributed by atoms with Crippen LogP contribution in [0.1, 0.15) is 6.92 Å². The van der Waals surface area contributed by atoms with Gasteiger partial charge in [-0.3, -0.25) is 19.1 Å². The third-order valence-corrected chi connectivity index (χ3v) is 5.62. The zero-order chi connectivity index (χ0) is 18.5. The average Bonchev–Trinajstić information content (AvgIpc) is 3.14.